The maximum atomic E-state index is 5.85. The van der Waals surface area contributed by atoms with Gasteiger partial charge in [0.1, 0.15) is 0 Å². The third kappa shape index (κ3) is 1.65. The van der Waals surface area contributed by atoms with Gasteiger partial charge in [0.15, 0.2) is 5.82 Å². The number of tetrazole rings is 1. The van der Waals surface area contributed by atoms with E-state index in [4.69, 9.17) is 11.6 Å². The van der Waals surface area contributed by atoms with E-state index in [-0.39, 0.29) is 0 Å². The van der Waals surface area contributed by atoms with Gasteiger partial charge in [0.2, 0.25) is 0 Å². The monoisotopic (exact) mass is 282 g/mol. The minimum Gasteiger partial charge on any atom is -0.196 e. The topological polar surface area (TPSA) is 43.6 Å². The van der Waals surface area contributed by atoms with Crippen LogP contribution in [0.5, 0.6) is 0 Å². The standard InChI is InChI=1S/C15H11ClN4/c16-9-15-17-18-19-20(15)12-5-6-14-11(8-12)7-10-3-1-2-4-13(10)14/h1-6,8H,7,9H2. The first kappa shape index (κ1) is 11.6. The summed E-state index contributed by atoms with van der Waals surface area (Å²) >= 11 is 5.85. The van der Waals surface area contributed by atoms with E-state index in [0.29, 0.717) is 11.7 Å². The van der Waals surface area contributed by atoms with Crippen LogP contribution in [-0.4, -0.2) is 20.2 Å². The van der Waals surface area contributed by atoms with Crippen molar-refractivity contribution in [3.05, 3.63) is 59.4 Å². The van der Waals surface area contributed by atoms with Crippen molar-refractivity contribution in [3.63, 3.8) is 0 Å². The minimum absolute atomic E-state index is 0.296. The Kier molecular flexibility index (Phi) is 2.57. The molecule has 0 saturated heterocycles. The number of rotatable bonds is 2. The average molecular weight is 283 g/mol. The van der Waals surface area contributed by atoms with Gasteiger partial charge in [-0.25, -0.2) is 0 Å². The SMILES string of the molecule is ClCc1nnnn1-c1ccc2c(c1)Cc1ccccc1-2. The van der Waals surface area contributed by atoms with Crippen LogP contribution < -0.4 is 0 Å². The van der Waals surface area contributed by atoms with Gasteiger partial charge in [-0.15, -0.1) is 16.7 Å². The van der Waals surface area contributed by atoms with Crippen LogP contribution in [0, 0.1) is 0 Å². The van der Waals surface area contributed by atoms with Gasteiger partial charge in [-0.2, -0.15) is 4.68 Å². The van der Waals surface area contributed by atoms with E-state index in [2.05, 4.69) is 51.9 Å². The first-order valence-corrected chi connectivity index (χ1v) is 6.95. The normalized spacial score (nSPS) is 12.2. The molecule has 5 heteroatoms. The van der Waals surface area contributed by atoms with E-state index in [9.17, 15) is 0 Å². The maximum absolute atomic E-state index is 5.85. The molecule has 0 spiro atoms. The van der Waals surface area contributed by atoms with E-state index < -0.39 is 0 Å². The Labute approximate surface area is 121 Å². The van der Waals surface area contributed by atoms with Crippen molar-refractivity contribution >= 4 is 11.6 Å². The Bertz CT molecular complexity index is 794. The summed E-state index contributed by atoms with van der Waals surface area (Å²) < 4.78 is 1.69. The van der Waals surface area contributed by atoms with Gasteiger partial charge in [0.25, 0.3) is 0 Å². The maximum Gasteiger partial charge on any atom is 0.171 e. The number of alkyl halides is 1. The van der Waals surface area contributed by atoms with E-state index in [1.165, 1.54) is 22.3 Å². The highest BCUT2D eigenvalue weighted by molar-refractivity contribution is 6.16. The van der Waals surface area contributed by atoms with Crippen LogP contribution >= 0.6 is 11.6 Å². The number of halogens is 1. The zero-order valence-corrected chi connectivity index (χ0v) is 11.4. The van der Waals surface area contributed by atoms with Gasteiger partial charge >= 0.3 is 0 Å². The van der Waals surface area contributed by atoms with Crippen molar-refractivity contribution in [2.45, 2.75) is 12.3 Å². The summed E-state index contributed by atoms with van der Waals surface area (Å²) in [4.78, 5) is 0. The Hall–Kier alpha value is -2.20. The lowest BCUT2D eigenvalue weighted by molar-refractivity contribution is 0.776. The number of fused-ring (bicyclic) bond motifs is 3. The van der Waals surface area contributed by atoms with Crippen molar-refractivity contribution in [2.24, 2.45) is 0 Å². The van der Waals surface area contributed by atoms with Crippen molar-refractivity contribution in [3.8, 4) is 16.8 Å². The molecule has 0 unspecified atom stereocenters. The fourth-order valence-electron chi connectivity index (χ4n) is 2.75. The molecule has 0 N–H and O–H groups in total. The van der Waals surface area contributed by atoms with Crippen LogP contribution in [-0.2, 0) is 12.3 Å². The van der Waals surface area contributed by atoms with Crippen LogP contribution in [0.1, 0.15) is 17.0 Å². The summed E-state index contributed by atoms with van der Waals surface area (Å²) in [6.07, 6.45) is 0.956. The van der Waals surface area contributed by atoms with Crippen LogP contribution in [0.15, 0.2) is 42.5 Å². The molecule has 3 aromatic rings. The lowest BCUT2D eigenvalue weighted by Crippen LogP contribution is -2.02. The molecule has 0 bridgehead atoms. The number of hydrogen-bond donors (Lipinski definition) is 0. The first-order valence-electron chi connectivity index (χ1n) is 6.41. The molecule has 0 radical (unpaired) electrons. The molecular weight excluding hydrogens is 272 g/mol. The molecule has 4 rings (SSSR count). The van der Waals surface area contributed by atoms with Crippen LogP contribution in [0.4, 0.5) is 0 Å². The van der Waals surface area contributed by atoms with Gasteiger partial charge < -0.3 is 0 Å². The van der Waals surface area contributed by atoms with E-state index in [1.807, 2.05) is 6.07 Å². The molecule has 98 valence electrons. The predicted molar refractivity (Wildman–Crippen MR) is 77.0 cm³/mol. The summed E-state index contributed by atoms with van der Waals surface area (Å²) in [6.45, 7) is 0. The molecule has 1 aromatic heterocycles. The fraction of sp³-hybridized carbons (Fsp3) is 0.133. The molecule has 1 aliphatic carbocycles. The third-order valence-corrected chi connectivity index (χ3v) is 3.91. The number of aromatic nitrogens is 4. The zero-order chi connectivity index (χ0) is 13.5. The second-order valence-electron chi connectivity index (χ2n) is 4.82. The fourth-order valence-corrected chi connectivity index (χ4v) is 2.92. The van der Waals surface area contributed by atoms with Crippen molar-refractivity contribution in [2.75, 3.05) is 0 Å². The van der Waals surface area contributed by atoms with Gasteiger partial charge in [-0.1, -0.05) is 30.3 Å². The Morgan fingerprint density at radius 1 is 1.05 bits per heavy atom. The predicted octanol–water partition coefficient (Wildman–Crippen LogP) is 2.97. The Balaban J connectivity index is 1.83. The van der Waals surface area contributed by atoms with Gasteiger partial charge in [0, 0.05) is 0 Å². The first-order chi connectivity index (χ1) is 9.86. The molecule has 1 aliphatic rings. The second kappa shape index (κ2) is 4.42. The van der Waals surface area contributed by atoms with E-state index in [0.717, 1.165) is 12.1 Å². The summed E-state index contributed by atoms with van der Waals surface area (Å²) in [5.41, 5.74) is 6.25. The Morgan fingerprint density at radius 3 is 2.80 bits per heavy atom. The summed E-state index contributed by atoms with van der Waals surface area (Å²) in [5.74, 6) is 0.951. The van der Waals surface area contributed by atoms with E-state index >= 15 is 0 Å². The van der Waals surface area contributed by atoms with Crippen molar-refractivity contribution < 1.29 is 0 Å². The van der Waals surface area contributed by atoms with Crippen LogP contribution in [0.25, 0.3) is 16.8 Å². The molecule has 0 aliphatic heterocycles. The molecule has 0 fully saturated rings. The van der Waals surface area contributed by atoms with Gasteiger partial charge in [-0.05, 0) is 51.2 Å². The molecule has 4 nitrogen and oxygen atoms in total. The van der Waals surface area contributed by atoms with Crippen molar-refractivity contribution in [1.82, 2.24) is 20.2 Å². The van der Waals surface area contributed by atoms with E-state index in [1.54, 1.807) is 4.68 Å². The highest BCUT2D eigenvalue weighted by atomic mass is 35.5. The minimum atomic E-state index is 0.296. The Morgan fingerprint density at radius 2 is 1.90 bits per heavy atom. The number of nitrogens with zero attached hydrogens (tertiary/aromatic N) is 4. The lowest BCUT2D eigenvalue weighted by Gasteiger charge is -2.06. The summed E-state index contributed by atoms with van der Waals surface area (Å²) in [7, 11) is 0. The smallest absolute Gasteiger partial charge is 0.171 e. The highest BCUT2D eigenvalue weighted by Crippen LogP contribution is 2.37. The van der Waals surface area contributed by atoms with Gasteiger partial charge in [-0.3, -0.25) is 0 Å². The van der Waals surface area contributed by atoms with Crippen LogP contribution in [0.2, 0.25) is 0 Å². The number of hydrogen-bond acceptors (Lipinski definition) is 3. The summed E-state index contributed by atoms with van der Waals surface area (Å²) in [5, 5.41) is 11.6. The summed E-state index contributed by atoms with van der Waals surface area (Å²) in [6, 6.07) is 14.8. The molecule has 1 heterocycles. The molecular formula is C15H11ClN4. The third-order valence-electron chi connectivity index (χ3n) is 3.68. The largest absolute Gasteiger partial charge is 0.196 e. The molecule has 0 saturated carbocycles. The molecule has 2 aromatic carbocycles. The quantitative estimate of drug-likeness (QED) is 0.531. The number of benzene rings is 2. The lowest BCUT2D eigenvalue weighted by atomic mass is 10.1. The highest BCUT2D eigenvalue weighted by Gasteiger charge is 2.19. The molecule has 0 atom stereocenters. The average Bonchev–Trinajstić information content (AvgIpc) is 3.10. The zero-order valence-electron chi connectivity index (χ0n) is 10.6. The second-order valence-corrected chi connectivity index (χ2v) is 5.08. The van der Waals surface area contributed by atoms with Gasteiger partial charge in [0.05, 0.1) is 11.6 Å². The molecule has 20 heavy (non-hydrogen) atoms. The van der Waals surface area contributed by atoms with Crippen molar-refractivity contribution in [1.29, 1.82) is 0 Å². The molecule has 0 amide bonds. The van der Waals surface area contributed by atoms with Crippen LogP contribution in [0.3, 0.4) is 0 Å².